The van der Waals surface area contributed by atoms with Crippen LogP contribution in [-0.4, -0.2) is 12.1 Å². The molecule has 1 heteroatoms. The molecule has 0 amide bonds. The summed E-state index contributed by atoms with van der Waals surface area (Å²) in [7, 11) is 0. The monoisotopic (exact) mass is 289 g/mol. The zero-order chi connectivity index (χ0) is 14.8. The lowest BCUT2D eigenvalue weighted by Gasteiger charge is -2.56. The van der Waals surface area contributed by atoms with Crippen LogP contribution >= 0.6 is 0 Å². The van der Waals surface area contributed by atoms with E-state index in [2.05, 4.69) is 33.0 Å². The van der Waals surface area contributed by atoms with Crippen LogP contribution in [0, 0.1) is 34.5 Å². The van der Waals surface area contributed by atoms with Gasteiger partial charge < -0.3 is 5.32 Å². The van der Waals surface area contributed by atoms with E-state index in [4.69, 9.17) is 0 Å². The molecule has 5 saturated carbocycles. The van der Waals surface area contributed by atoms with Crippen LogP contribution in [0.3, 0.4) is 0 Å². The third-order valence-electron chi connectivity index (χ3n) is 7.21. The van der Waals surface area contributed by atoms with Crippen molar-refractivity contribution >= 4 is 0 Å². The number of hydrogen-bond acceptors (Lipinski definition) is 1. The molecule has 1 N–H and O–H groups in total. The molecule has 1 nitrogen and oxygen atoms in total. The summed E-state index contributed by atoms with van der Waals surface area (Å²) < 4.78 is 0. The molecule has 0 aromatic rings. The first-order valence-corrected chi connectivity index (χ1v) is 9.56. The van der Waals surface area contributed by atoms with Crippen molar-refractivity contribution in [2.24, 2.45) is 34.5 Å². The van der Waals surface area contributed by atoms with Gasteiger partial charge in [-0.1, -0.05) is 27.7 Å². The van der Waals surface area contributed by atoms with E-state index in [-0.39, 0.29) is 0 Å². The maximum Gasteiger partial charge on any atom is 0.0127 e. The highest BCUT2D eigenvalue weighted by Crippen LogP contribution is 2.54. The van der Waals surface area contributed by atoms with Crippen molar-refractivity contribution in [1.29, 1.82) is 0 Å². The lowest BCUT2D eigenvalue weighted by atomic mass is 9.54. The predicted octanol–water partition coefficient (Wildman–Crippen LogP) is 5.01. The van der Waals surface area contributed by atoms with E-state index in [1.54, 1.807) is 32.1 Å². The second-order valence-corrected chi connectivity index (χ2v) is 10.7. The fraction of sp³-hybridized carbons (Fsp3) is 1.00. The Balaban J connectivity index is 1.46. The van der Waals surface area contributed by atoms with Crippen LogP contribution in [0.2, 0.25) is 0 Å². The largest absolute Gasteiger partial charge is 0.311 e. The predicted molar refractivity (Wildman–Crippen MR) is 89.2 cm³/mol. The minimum absolute atomic E-state index is 0.519. The van der Waals surface area contributed by atoms with Crippen LogP contribution in [0.25, 0.3) is 0 Å². The summed E-state index contributed by atoms with van der Waals surface area (Å²) in [6, 6.07) is 1.64. The van der Waals surface area contributed by atoms with E-state index in [1.165, 1.54) is 19.3 Å². The SMILES string of the molecule is CC1(C)CC(NC2C3CC4CC(C3)CC2C4)CC(C)(C)C1. The Morgan fingerprint density at radius 2 is 1.19 bits per heavy atom. The maximum atomic E-state index is 4.21. The number of rotatable bonds is 2. The summed E-state index contributed by atoms with van der Waals surface area (Å²) in [5, 5.41) is 4.21. The van der Waals surface area contributed by atoms with E-state index in [9.17, 15) is 0 Å². The highest BCUT2D eigenvalue weighted by Gasteiger charge is 2.49. The van der Waals surface area contributed by atoms with Gasteiger partial charge in [0.15, 0.2) is 0 Å². The second kappa shape index (κ2) is 4.73. The minimum Gasteiger partial charge on any atom is -0.311 e. The molecular formula is C20H35N. The molecule has 0 spiro atoms. The first kappa shape index (κ1) is 14.5. The Morgan fingerprint density at radius 3 is 1.67 bits per heavy atom. The highest BCUT2D eigenvalue weighted by molar-refractivity contribution is 5.03. The Bertz CT molecular complexity index is 364. The molecule has 0 heterocycles. The molecule has 5 fully saturated rings. The Kier molecular flexibility index (Phi) is 3.27. The van der Waals surface area contributed by atoms with Crippen LogP contribution in [-0.2, 0) is 0 Å². The Labute approximate surface area is 131 Å². The van der Waals surface area contributed by atoms with Gasteiger partial charge in [-0.2, -0.15) is 0 Å². The Hall–Kier alpha value is -0.0400. The first-order valence-electron chi connectivity index (χ1n) is 9.56. The zero-order valence-electron chi connectivity index (χ0n) is 14.6. The van der Waals surface area contributed by atoms with Gasteiger partial charge in [-0.15, -0.1) is 0 Å². The molecule has 21 heavy (non-hydrogen) atoms. The molecule has 120 valence electrons. The molecule has 0 aromatic heterocycles. The van der Waals surface area contributed by atoms with Crippen LogP contribution in [0.15, 0.2) is 0 Å². The fourth-order valence-electron chi connectivity index (χ4n) is 7.43. The van der Waals surface area contributed by atoms with Gasteiger partial charge in [-0.25, -0.2) is 0 Å². The third kappa shape index (κ3) is 2.80. The van der Waals surface area contributed by atoms with E-state index >= 15 is 0 Å². The van der Waals surface area contributed by atoms with E-state index in [1.807, 2.05) is 0 Å². The minimum atomic E-state index is 0.519. The van der Waals surface area contributed by atoms with Crippen LogP contribution in [0.4, 0.5) is 0 Å². The second-order valence-electron chi connectivity index (χ2n) is 10.7. The van der Waals surface area contributed by atoms with E-state index in [0.29, 0.717) is 10.8 Å². The molecule has 0 atom stereocenters. The smallest absolute Gasteiger partial charge is 0.0127 e. The van der Waals surface area contributed by atoms with Crippen molar-refractivity contribution in [3.05, 3.63) is 0 Å². The number of hydrogen-bond donors (Lipinski definition) is 1. The van der Waals surface area contributed by atoms with Crippen molar-refractivity contribution in [2.45, 2.75) is 91.1 Å². The van der Waals surface area contributed by atoms with Gasteiger partial charge in [0, 0.05) is 12.1 Å². The van der Waals surface area contributed by atoms with Gasteiger partial charge in [0.05, 0.1) is 0 Å². The summed E-state index contributed by atoms with van der Waals surface area (Å²) in [4.78, 5) is 0. The van der Waals surface area contributed by atoms with Crippen LogP contribution in [0.5, 0.6) is 0 Å². The first-order chi connectivity index (χ1) is 9.80. The highest BCUT2D eigenvalue weighted by atomic mass is 15.0. The van der Waals surface area contributed by atoms with Gasteiger partial charge in [0.1, 0.15) is 0 Å². The maximum absolute atomic E-state index is 4.21. The average molecular weight is 290 g/mol. The van der Waals surface area contributed by atoms with E-state index < -0.39 is 0 Å². The molecule has 0 saturated heterocycles. The van der Waals surface area contributed by atoms with Gasteiger partial charge in [-0.05, 0) is 85.9 Å². The van der Waals surface area contributed by atoms with E-state index in [0.717, 1.165) is 35.8 Å². The topological polar surface area (TPSA) is 12.0 Å². The number of nitrogens with one attached hydrogen (secondary N) is 1. The molecule has 5 aliphatic rings. The van der Waals surface area contributed by atoms with Gasteiger partial charge in [-0.3, -0.25) is 0 Å². The average Bonchev–Trinajstić information content (AvgIpc) is 2.28. The lowest BCUT2D eigenvalue weighted by molar-refractivity contribution is -0.0277. The van der Waals surface area contributed by atoms with Crippen molar-refractivity contribution < 1.29 is 0 Å². The molecule has 0 unspecified atom stereocenters. The quantitative estimate of drug-likeness (QED) is 0.754. The van der Waals surface area contributed by atoms with Gasteiger partial charge >= 0.3 is 0 Å². The standard InChI is InChI=1S/C20H35N/c1-19(2)10-17(11-20(3,4)12-19)21-18-15-6-13-5-14(8-15)9-16(18)7-13/h13-18,21H,5-12H2,1-4H3. The molecule has 4 bridgehead atoms. The van der Waals surface area contributed by atoms with Gasteiger partial charge in [0.2, 0.25) is 0 Å². The third-order valence-corrected chi connectivity index (χ3v) is 7.21. The summed E-state index contributed by atoms with van der Waals surface area (Å²) in [6.45, 7) is 9.94. The summed E-state index contributed by atoms with van der Waals surface area (Å²) in [5.41, 5.74) is 1.04. The molecular weight excluding hydrogens is 254 g/mol. The lowest BCUT2D eigenvalue weighted by Crippen LogP contribution is -2.58. The molecule has 0 aromatic carbocycles. The van der Waals surface area contributed by atoms with Crippen molar-refractivity contribution in [2.75, 3.05) is 0 Å². The summed E-state index contributed by atoms with van der Waals surface area (Å²) >= 11 is 0. The van der Waals surface area contributed by atoms with Crippen molar-refractivity contribution in [3.8, 4) is 0 Å². The molecule has 0 aliphatic heterocycles. The van der Waals surface area contributed by atoms with Crippen LogP contribution < -0.4 is 5.32 Å². The fourth-order valence-corrected chi connectivity index (χ4v) is 7.43. The zero-order valence-corrected chi connectivity index (χ0v) is 14.6. The molecule has 0 radical (unpaired) electrons. The van der Waals surface area contributed by atoms with Crippen molar-refractivity contribution in [3.63, 3.8) is 0 Å². The normalized spacial score (nSPS) is 47.7. The van der Waals surface area contributed by atoms with Crippen molar-refractivity contribution in [1.82, 2.24) is 5.32 Å². The van der Waals surface area contributed by atoms with Gasteiger partial charge in [0.25, 0.3) is 0 Å². The summed E-state index contributed by atoms with van der Waals surface area (Å²) in [6.07, 6.45) is 11.9. The summed E-state index contributed by atoms with van der Waals surface area (Å²) in [5.74, 6) is 4.25. The Morgan fingerprint density at radius 1 is 0.714 bits per heavy atom. The van der Waals surface area contributed by atoms with Crippen LogP contribution in [0.1, 0.15) is 79.1 Å². The molecule has 5 aliphatic carbocycles. The molecule has 5 rings (SSSR count).